The minimum absolute atomic E-state index is 0.282. The summed E-state index contributed by atoms with van der Waals surface area (Å²) in [6.45, 7) is 3.58. The average Bonchev–Trinajstić information content (AvgIpc) is 2.08. The van der Waals surface area contributed by atoms with Crippen LogP contribution in [0.2, 0.25) is 0 Å². The summed E-state index contributed by atoms with van der Waals surface area (Å²) in [4.78, 5) is 0. The van der Waals surface area contributed by atoms with E-state index in [0.717, 1.165) is 5.56 Å². The zero-order chi connectivity index (χ0) is 9.30. The van der Waals surface area contributed by atoms with Gasteiger partial charge in [0.2, 0.25) is 0 Å². The molecule has 1 aromatic carbocycles. The summed E-state index contributed by atoms with van der Waals surface area (Å²) in [6.07, 6.45) is 0. The Balaban J connectivity index is 3.39. The number of phenols is 1. The molecule has 3 heteroatoms. The first-order chi connectivity index (χ1) is 5.57. The first-order valence-corrected chi connectivity index (χ1v) is 3.75. The maximum absolute atomic E-state index is 13.0. The summed E-state index contributed by atoms with van der Waals surface area (Å²) in [6, 6.07) is 1.66. The average molecular weight is 169 g/mol. The Morgan fingerprint density at radius 2 is 2.08 bits per heavy atom. The zero-order valence-electron chi connectivity index (χ0n) is 7.19. The van der Waals surface area contributed by atoms with E-state index in [1.807, 2.05) is 0 Å². The molecule has 0 saturated carbocycles. The molecule has 1 rings (SSSR count). The maximum atomic E-state index is 13.0. The molecular weight excluding hydrogens is 157 g/mol. The SMILES string of the molecule is Cc1cc(CN)c(C)c(O)c1F. The second kappa shape index (κ2) is 3.11. The number of hydrogen-bond donors (Lipinski definition) is 2. The highest BCUT2D eigenvalue weighted by atomic mass is 19.1. The Hall–Kier alpha value is -1.09. The molecule has 0 saturated heterocycles. The van der Waals surface area contributed by atoms with Crippen LogP contribution < -0.4 is 5.73 Å². The summed E-state index contributed by atoms with van der Waals surface area (Å²) in [5, 5.41) is 9.27. The van der Waals surface area contributed by atoms with Crippen molar-refractivity contribution < 1.29 is 9.50 Å². The Morgan fingerprint density at radius 3 is 2.58 bits per heavy atom. The van der Waals surface area contributed by atoms with E-state index < -0.39 is 5.82 Å². The molecular formula is C9H12FNO. The summed E-state index contributed by atoms with van der Waals surface area (Å²) < 4.78 is 13.0. The van der Waals surface area contributed by atoms with Gasteiger partial charge in [-0.05, 0) is 30.5 Å². The molecule has 66 valence electrons. The van der Waals surface area contributed by atoms with Gasteiger partial charge in [-0.1, -0.05) is 6.07 Å². The van der Waals surface area contributed by atoms with Crippen molar-refractivity contribution in [1.82, 2.24) is 0 Å². The quantitative estimate of drug-likeness (QED) is 0.670. The van der Waals surface area contributed by atoms with Gasteiger partial charge in [0.1, 0.15) is 0 Å². The van der Waals surface area contributed by atoms with E-state index in [1.54, 1.807) is 19.9 Å². The van der Waals surface area contributed by atoms with Gasteiger partial charge in [0, 0.05) is 6.54 Å². The Labute approximate surface area is 70.8 Å². The van der Waals surface area contributed by atoms with Gasteiger partial charge < -0.3 is 10.8 Å². The molecule has 0 heterocycles. The molecule has 0 atom stereocenters. The molecule has 0 bridgehead atoms. The van der Waals surface area contributed by atoms with Crippen LogP contribution in [0.5, 0.6) is 5.75 Å². The van der Waals surface area contributed by atoms with Crippen LogP contribution in [-0.4, -0.2) is 5.11 Å². The van der Waals surface area contributed by atoms with E-state index in [2.05, 4.69) is 0 Å². The number of halogens is 1. The number of hydrogen-bond acceptors (Lipinski definition) is 2. The number of aryl methyl sites for hydroxylation is 1. The molecule has 2 nitrogen and oxygen atoms in total. The molecule has 3 N–H and O–H groups in total. The Kier molecular flexibility index (Phi) is 2.33. The van der Waals surface area contributed by atoms with Crippen LogP contribution >= 0.6 is 0 Å². The molecule has 0 amide bonds. The third kappa shape index (κ3) is 1.28. The fraction of sp³-hybridized carbons (Fsp3) is 0.333. The minimum atomic E-state index is -0.551. The largest absolute Gasteiger partial charge is 0.505 e. The van der Waals surface area contributed by atoms with E-state index in [4.69, 9.17) is 5.73 Å². The molecule has 1 aromatic rings. The van der Waals surface area contributed by atoms with Gasteiger partial charge in [-0.2, -0.15) is 0 Å². The van der Waals surface area contributed by atoms with Crippen molar-refractivity contribution in [3.8, 4) is 5.75 Å². The molecule has 12 heavy (non-hydrogen) atoms. The number of nitrogens with two attached hydrogens (primary N) is 1. The van der Waals surface area contributed by atoms with E-state index in [9.17, 15) is 9.50 Å². The second-order valence-electron chi connectivity index (χ2n) is 2.84. The second-order valence-corrected chi connectivity index (χ2v) is 2.84. The lowest BCUT2D eigenvalue weighted by atomic mass is 10.0. The molecule has 0 unspecified atom stereocenters. The van der Waals surface area contributed by atoms with Crippen LogP contribution in [0.25, 0.3) is 0 Å². The smallest absolute Gasteiger partial charge is 0.167 e. The van der Waals surface area contributed by atoms with E-state index in [0.29, 0.717) is 17.7 Å². The Bertz CT molecular complexity index is 310. The lowest BCUT2D eigenvalue weighted by Crippen LogP contribution is -2.01. The summed E-state index contributed by atoms with van der Waals surface area (Å²) in [7, 11) is 0. The third-order valence-corrected chi connectivity index (χ3v) is 2.00. The molecule has 0 aliphatic heterocycles. The van der Waals surface area contributed by atoms with Gasteiger partial charge in [-0.15, -0.1) is 0 Å². The number of rotatable bonds is 1. The molecule has 0 aliphatic rings. The highest BCUT2D eigenvalue weighted by Crippen LogP contribution is 2.26. The molecule has 0 aliphatic carbocycles. The fourth-order valence-electron chi connectivity index (χ4n) is 1.15. The number of phenolic OH excluding ortho intramolecular Hbond substituents is 1. The van der Waals surface area contributed by atoms with Gasteiger partial charge in [0.05, 0.1) is 0 Å². The molecule has 0 aromatic heterocycles. The normalized spacial score (nSPS) is 10.3. The first kappa shape index (κ1) is 9.00. The van der Waals surface area contributed by atoms with E-state index >= 15 is 0 Å². The number of benzene rings is 1. The predicted molar refractivity (Wildman–Crippen MR) is 45.4 cm³/mol. The lowest BCUT2D eigenvalue weighted by Gasteiger charge is -2.08. The van der Waals surface area contributed by atoms with Crippen LogP contribution in [0.3, 0.4) is 0 Å². The van der Waals surface area contributed by atoms with Gasteiger partial charge in [-0.3, -0.25) is 0 Å². The van der Waals surface area contributed by atoms with Crippen molar-refractivity contribution in [3.63, 3.8) is 0 Å². The van der Waals surface area contributed by atoms with Crippen molar-refractivity contribution in [3.05, 3.63) is 28.6 Å². The van der Waals surface area contributed by atoms with Crippen LogP contribution in [-0.2, 0) is 6.54 Å². The standard InChI is InChI=1S/C9H12FNO/c1-5-3-7(4-11)6(2)9(12)8(5)10/h3,12H,4,11H2,1-2H3. The summed E-state index contributed by atoms with van der Waals surface area (Å²) >= 11 is 0. The first-order valence-electron chi connectivity index (χ1n) is 3.75. The highest BCUT2D eigenvalue weighted by Gasteiger charge is 2.10. The van der Waals surface area contributed by atoms with Crippen molar-refractivity contribution in [2.24, 2.45) is 5.73 Å². The van der Waals surface area contributed by atoms with Gasteiger partial charge in [0.25, 0.3) is 0 Å². The highest BCUT2D eigenvalue weighted by molar-refractivity contribution is 5.43. The van der Waals surface area contributed by atoms with Crippen LogP contribution in [0.4, 0.5) is 4.39 Å². The fourth-order valence-corrected chi connectivity index (χ4v) is 1.15. The number of aromatic hydroxyl groups is 1. The van der Waals surface area contributed by atoms with Gasteiger partial charge in [0.15, 0.2) is 11.6 Å². The topological polar surface area (TPSA) is 46.2 Å². The lowest BCUT2D eigenvalue weighted by molar-refractivity contribution is 0.425. The van der Waals surface area contributed by atoms with E-state index in [1.165, 1.54) is 0 Å². The van der Waals surface area contributed by atoms with E-state index in [-0.39, 0.29) is 5.75 Å². The van der Waals surface area contributed by atoms with Crippen LogP contribution in [0.1, 0.15) is 16.7 Å². The molecule has 0 spiro atoms. The summed E-state index contributed by atoms with van der Waals surface area (Å²) in [5.41, 5.74) is 7.15. The van der Waals surface area contributed by atoms with Gasteiger partial charge >= 0.3 is 0 Å². The van der Waals surface area contributed by atoms with Crippen molar-refractivity contribution in [1.29, 1.82) is 0 Å². The monoisotopic (exact) mass is 169 g/mol. The van der Waals surface area contributed by atoms with Crippen molar-refractivity contribution in [2.75, 3.05) is 0 Å². The summed E-state index contributed by atoms with van der Waals surface area (Å²) in [5.74, 6) is -0.833. The maximum Gasteiger partial charge on any atom is 0.167 e. The molecule has 0 radical (unpaired) electrons. The van der Waals surface area contributed by atoms with Crippen molar-refractivity contribution in [2.45, 2.75) is 20.4 Å². The van der Waals surface area contributed by atoms with Crippen LogP contribution in [0, 0.1) is 19.7 Å². The van der Waals surface area contributed by atoms with Crippen LogP contribution in [0.15, 0.2) is 6.07 Å². The predicted octanol–water partition coefficient (Wildman–Crippen LogP) is 1.61. The Morgan fingerprint density at radius 1 is 1.50 bits per heavy atom. The van der Waals surface area contributed by atoms with Gasteiger partial charge in [-0.25, -0.2) is 4.39 Å². The molecule has 0 fully saturated rings. The van der Waals surface area contributed by atoms with Crippen molar-refractivity contribution >= 4 is 0 Å². The minimum Gasteiger partial charge on any atom is -0.505 e. The zero-order valence-corrected chi connectivity index (χ0v) is 7.19. The third-order valence-electron chi connectivity index (χ3n) is 2.00.